The quantitative estimate of drug-likeness (QED) is 0.371. The number of halogens is 1. The highest BCUT2D eigenvalue weighted by Gasteiger charge is 2.20. The molecule has 178 valence electrons. The van der Waals surface area contributed by atoms with Gasteiger partial charge in [-0.2, -0.15) is 0 Å². The van der Waals surface area contributed by atoms with Crippen LogP contribution < -0.4 is 19.9 Å². The monoisotopic (exact) mass is 497 g/mol. The molecule has 1 fully saturated rings. The number of benzene rings is 2. The first-order valence-corrected chi connectivity index (χ1v) is 12.5. The minimum absolute atomic E-state index is 0.151. The van der Waals surface area contributed by atoms with E-state index in [2.05, 4.69) is 57.1 Å². The Morgan fingerprint density at radius 3 is 2.59 bits per heavy atom. The van der Waals surface area contributed by atoms with Crippen molar-refractivity contribution in [1.29, 1.82) is 0 Å². The Morgan fingerprint density at radius 2 is 1.85 bits per heavy atom. The summed E-state index contributed by atoms with van der Waals surface area (Å²) in [6.07, 6.45) is 1.75. The van der Waals surface area contributed by atoms with Crippen LogP contribution in [0.3, 0.4) is 0 Å². The van der Waals surface area contributed by atoms with Crippen LogP contribution in [0.15, 0.2) is 53.8 Å². The van der Waals surface area contributed by atoms with Gasteiger partial charge in [-0.3, -0.25) is 4.79 Å². The zero-order chi connectivity index (χ0) is 24.1. The van der Waals surface area contributed by atoms with Crippen molar-refractivity contribution in [3.63, 3.8) is 0 Å². The average Bonchev–Trinajstić information content (AvgIpc) is 2.85. The van der Waals surface area contributed by atoms with Gasteiger partial charge in [0.15, 0.2) is 5.16 Å². The minimum atomic E-state index is -0.151. The highest BCUT2D eigenvalue weighted by Crippen LogP contribution is 2.28. The summed E-state index contributed by atoms with van der Waals surface area (Å²) in [7, 11) is 1.55. The van der Waals surface area contributed by atoms with Crippen LogP contribution in [-0.2, 0) is 4.79 Å². The summed E-state index contributed by atoms with van der Waals surface area (Å²) in [5.41, 5.74) is 4.50. The van der Waals surface area contributed by atoms with Crippen molar-refractivity contribution in [3.8, 4) is 5.75 Å². The van der Waals surface area contributed by atoms with E-state index in [1.165, 1.54) is 28.6 Å². The molecule has 1 aliphatic heterocycles. The fourth-order valence-electron chi connectivity index (χ4n) is 3.89. The molecule has 0 bridgehead atoms. The molecular weight excluding hydrogens is 470 g/mol. The molecule has 4 rings (SSSR count). The second-order valence-corrected chi connectivity index (χ2v) is 9.50. The minimum Gasteiger partial charge on any atom is -0.495 e. The third-order valence-corrected chi connectivity index (χ3v) is 6.85. The van der Waals surface area contributed by atoms with Gasteiger partial charge in [0, 0.05) is 43.8 Å². The van der Waals surface area contributed by atoms with Gasteiger partial charge in [-0.15, -0.1) is 0 Å². The summed E-state index contributed by atoms with van der Waals surface area (Å²) in [6.45, 7) is 7.92. The molecule has 1 aliphatic rings. The maximum absolute atomic E-state index is 12.4. The summed E-state index contributed by atoms with van der Waals surface area (Å²) in [5.74, 6) is 1.50. The van der Waals surface area contributed by atoms with Crippen molar-refractivity contribution < 1.29 is 9.53 Å². The number of anilines is 3. The summed E-state index contributed by atoms with van der Waals surface area (Å²) < 4.78 is 5.14. The van der Waals surface area contributed by atoms with Crippen LogP contribution in [0.5, 0.6) is 5.75 Å². The largest absolute Gasteiger partial charge is 0.495 e. The van der Waals surface area contributed by atoms with E-state index in [1.807, 2.05) is 6.07 Å². The standard InChI is InChI=1S/C25H28ClN5O2S/c1-17-4-5-18(2)21(14-17)30-10-12-31(13-11-30)23-8-9-27-25(29-23)34-16-24(32)28-19-6-7-22(33-3)20(26)15-19/h4-9,14-15H,10-13,16H2,1-3H3,(H,28,32). The van der Waals surface area contributed by atoms with Gasteiger partial charge < -0.3 is 19.9 Å². The highest BCUT2D eigenvalue weighted by atomic mass is 35.5. The van der Waals surface area contributed by atoms with Crippen LogP contribution in [0.25, 0.3) is 0 Å². The Morgan fingerprint density at radius 1 is 1.09 bits per heavy atom. The molecule has 2 aromatic carbocycles. The van der Waals surface area contributed by atoms with Crippen LogP contribution in [0.2, 0.25) is 5.02 Å². The van der Waals surface area contributed by atoms with Gasteiger partial charge in [-0.1, -0.05) is 35.5 Å². The number of methoxy groups -OCH3 is 1. The van der Waals surface area contributed by atoms with Gasteiger partial charge in [0.25, 0.3) is 0 Å². The first-order valence-electron chi connectivity index (χ1n) is 11.1. The first kappa shape index (κ1) is 24.2. The van der Waals surface area contributed by atoms with E-state index < -0.39 is 0 Å². The van der Waals surface area contributed by atoms with E-state index in [0.717, 1.165) is 32.0 Å². The summed E-state index contributed by atoms with van der Waals surface area (Å²) in [6, 6.07) is 13.7. The smallest absolute Gasteiger partial charge is 0.234 e. The van der Waals surface area contributed by atoms with E-state index >= 15 is 0 Å². The summed E-state index contributed by atoms with van der Waals surface area (Å²) >= 11 is 7.44. The topological polar surface area (TPSA) is 70.6 Å². The lowest BCUT2D eigenvalue weighted by Crippen LogP contribution is -2.47. The molecule has 34 heavy (non-hydrogen) atoms. The molecular formula is C25H28ClN5O2S. The van der Waals surface area contributed by atoms with Gasteiger partial charge in [0.05, 0.1) is 17.9 Å². The SMILES string of the molecule is COc1ccc(NC(=O)CSc2nccc(N3CCN(c4cc(C)ccc4C)CC3)n2)cc1Cl. The maximum Gasteiger partial charge on any atom is 0.234 e. The number of piperazine rings is 1. The van der Waals surface area contributed by atoms with Gasteiger partial charge in [0.2, 0.25) is 5.91 Å². The molecule has 0 radical (unpaired) electrons. The number of amides is 1. The lowest BCUT2D eigenvalue weighted by atomic mass is 10.1. The molecule has 1 amide bonds. The first-order chi connectivity index (χ1) is 16.4. The molecule has 2 heterocycles. The van der Waals surface area contributed by atoms with Crippen molar-refractivity contribution in [2.75, 3.05) is 54.2 Å². The van der Waals surface area contributed by atoms with E-state index in [1.54, 1.807) is 31.5 Å². The number of ether oxygens (including phenoxy) is 1. The Kier molecular flexibility index (Phi) is 7.80. The molecule has 0 saturated carbocycles. The van der Waals surface area contributed by atoms with Crippen LogP contribution >= 0.6 is 23.4 Å². The molecule has 1 saturated heterocycles. The summed E-state index contributed by atoms with van der Waals surface area (Å²) in [5, 5.41) is 3.87. The van der Waals surface area contributed by atoms with Crippen molar-refractivity contribution in [3.05, 3.63) is 64.8 Å². The van der Waals surface area contributed by atoms with E-state index in [-0.39, 0.29) is 11.7 Å². The Balaban J connectivity index is 1.31. The fraction of sp³-hybridized carbons (Fsp3) is 0.320. The average molecular weight is 498 g/mol. The number of rotatable bonds is 7. The third-order valence-electron chi connectivity index (χ3n) is 5.70. The van der Waals surface area contributed by atoms with E-state index in [0.29, 0.717) is 21.6 Å². The second-order valence-electron chi connectivity index (χ2n) is 8.15. The molecule has 0 atom stereocenters. The van der Waals surface area contributed by atoms with E-state index in [4.69, 9.17) is 16.3 Å². The van der Waals surface area contributed by atoms with Crippen LogP contribution in [0.1, 0.15) is 11.1 Å². The van der Waals surface area contributed by atoms with Gasteiger partial charge in [-0.05, 0) is 55.3 Å². The fourth-order valence-corrected chi connectivity index (χ4v) is 4.77. The molecule has 9 heteroatoms. The maximum atomic E-state index is 12.4. The molecule has 3 aromatic rings. The van der Waals surface area contributed by atoms with Crippen molar-refractivity contribution in [1.82, 2.24) is 9.97 Å². The molecule has 0 aliphatic carbocycles. The zero-order valence-electron chi connectivity index (χ0n) is 19.5. The number of thioether (sulfide) groups is 1. The Bertz CT molecular complexity index is 1170. The number of aryl methyl sites for hydroxylation is 2. The van der Waals surface area contributed by atoms with Crippen LogP contribution in [0, 0.1) is 13.8 Å². The predicted octanol–water partition coefficient (Wildman–Crippen LogP) is 4.81. The zero-order valence-corrected chi connectivity index (χ0v) is 21.1. The number of nitrogens with one attached hydrogen (secondary N) is 1. The summed E-state index contributed by atoms with van der Waals surface area (Å²) in [4.78, 5) is 26.1. The lowest BCUT2D eigenvalue weighted by molar-refractivity contribution is -0.113. The molecule has 7 nitrogen and oxygen atoms in total. The highest BCUT2D eigenvalue weighted by molar-refractivity contribution is 7.99. The number of carbonyl (C=O) groups is 1. The number of nitrogens with zero attached hydrogens (tertiary/aromatic N) is 4. The molecule has 0 unspecified atom stereocenters. The Hall–Kier alpha value is -2.97. The normalized spacial score (nSPS) is 13.6. The number of hydrogen-bond acceptors (Lipinski definition) is 7. The molecule has 0 spiro atoms. The third kappa shape index (κ3) is 5.93. The second kappa shape index (κ2) is 11.0. The number of hydrogen-bond donors (Lipinski definition) is 1. The van der Waals surface area contributed by atoms with Gasteiger partial charge in [0.1, 0.15) is 11.6 Å². The van der Waals surface area contributed by atoms with Crippen molar-refractivity contribution >= 4 is 46.5 Å². The molecule has 1 aromatic heterocycles. The van der Waals surface area contributed by atoms with Crippen molar-refractivity contribution in [2.24, 2.45) is 0 Å². The van der Waals surface area contributed by atoms with Crippen LogP contribution in [-0.4, -0.2) is 54.9 Å². The van der Waals surface area contributed by atoms with Crippen molar-refractivity contribution in [2.45, 2.75) is 19.0 Å². The van der Waals surface area contributed by atoms with Gasteiger partial charge in [-0.25, -0.2) is 9.97 Å². The van der Waals surface area contributed by atoms with E-state index in [9.17, 15) is 4.79 Å². The number of aromatic nitrogens is 2. The number of carbonyl (C=O) groups excluding carboxylic acids is 1. The molecule has 1 N–H and O–H groups in total. The van der Waals surface area contributed by atoms with Gasteiger partial charge >= 0.3 is 0 Å². The van der Waals surface area contributed by atoms with Crippen LogP contribution in [0.4, 0.5) is 17.2 Å². The predicted molar refractivity (Wildman–Crippen MR) is 140 cm³/mol. The Labute approximate surface area is 209 Å². The lowest BCUT2D eigenvalue weighted by Gasteiger charge is -2.37.